The van der Waals surface area contributed by atoms with Gasteiger partial charge in [-0.2, -0.15) is 0 Å². The molecular weight excluding hydrogens is 240 g/mol. The van der Waals surface area contributed by atoms with Crippen LogP contribution in [-0.2, 0) is 9.59 Å². The van der Waals surface area contributed by atoms with E-state index in [0.29, 0.717) is 19.3 Å². The Bertz CT molecular complexity index is 258. The van der Waals surface area contributed by atoms with Gasteiger partial charge in [0, 0.05) is 18.8 Å². The Morgan fingerprint density at radius 1 is 0.789 bits per heavy atom. The zero-order chi connectivity index (χ0) is 14.1. The second-order valence-electron chi connectivity index (χ2n) is 5.91. The van der Waals surface area contributed by atoms with Crippen molar-refractivity contribution in [2.24, 2.45) is 5.92 Å². The van der Waals surface area contributed by atoms with Crippen LogP contribution in [0, 0.1) is 5.92 Å². The van der Waals surface area contributed by atoms with Gasteiger partial charge in [-0.1, -0.05) is 45.4 Å². The van der Waals surface area contributed by atoms with Crippen molar-refractivity contribution in [1.82, 2.24) is 0 Å². The summed E-state index contributed by atoms with van der Waals surface area (Å²) in [5.41, 5.74) is 0. The highest BCUT2D eigenvalue weighted by Crippen LogP contribution is 2.17. The molecule has 1 aliphatic rings. The molecular formula is C16H28O3. The number of ketones is 2. The molecule has 0 bridgehead atoms. The van der Waals surface area contributed by atoms with Gasteiger partial charge in [0.1, 0.15) is 11.9 Å². The minimum atomic E-state index is -0.941. The minimum Gasteiger partial charge on any atom is -0.385 e. The van der Waals surface area contributed by atoms with Gasteiger partial charge in [0.15, 0.2) is 5.78 Å². The fourth-order valence-corrected chi connectivity index (χ4v) is 2.67. The second-order valence-corrected chi connectivity index (χ2v) is 5.91. The largest absolute Gasteiger partial charge is 0.385 e. The summed E-state index contributed by atoms with van der Waals surface area (Å²) in [6, 6.07) is 0. The topological polar surface area (TPSA) is 54.4 Å². The molecule has 0 heterocycles. The fourth-order valence-electron chi connectivity index (χ4n) is 2.67. The number of hydrogen-bond acceptors (Lipinski definition) is 3. The fraction of sp³-hybridized carbons (Fsp3) is 0.875. The highest BCUT2D eigenvalue weighted by Gasteiger charge is 2.21. The van der Waals surface area contributed by atoms with Crippen LogP contribution >= 0.6 is 0 Å². The average Bonchev–Trinajstić information content (AvgIpc) is 2.39. The molecule has 1 saturated carbocycles. The highest BCUT2D eigenvalue weighted by molar-refractivity contribution is 5.85. The van der Waals surface area contributed by atoms with Gasteiger partial charge in [-0.15, -0.1) is 0 Å². The Kier molecular flexibility index (Phi) is 7.96. The molecule has 0 aromatic heterocycles. The number of carbonyl (C=O) groups excluding carboxylic acids is 2. The first kappa shape index (κ1) is 16.4. The van der Waals surface area contributed by atoms with Crippen LogP contribution in [-0.4, -0.2) is 22.8 Å². The molecule has 1 fully saturated rings. The lowest BCUT2D eigenvalue weighted by Crippen LogP contribution is -2.25. The van der Waals surface area contributed by atoms with Gasteiger partial charge < -0.3 is 5.11 Å². The van der Waals surface area contributed by atoms with Crippen molar-refractivity contribution in [2.75, 3.05) is 0 Å². The molecule has 1 N–H and O–H groups in total. The summed E-state index contributed by atoms with van der Waals surface area (Å²) in [4.78, 5) is 23.6. The lowest BCUT2D eigenvalue weighted by molar-refractivity contribution is -0.129. The Labute approximate surface area is 116 Å². The molecule has 0 amide bonds. The van der Waals surface area contributed by atoms with E-state index in [9.17, 15) is 14.7 Å². The number of aliphatic hydroxyl groups excluding tert-OH is 1. The molecule has 3 heteroatoms. The Morgan fingerprint density at radius 3 is 1.74 bits per heavy atom. The van der Waals surface area contributed by atoms with Gasteiger partial charge in [-0.05, 0) is 19.3 Å². The highest BCUT2D eigenvalue weighted by atomic mass is 16.3. The molecule has 2 atom stereocenters. The molecule has 110 valence electrons. The predicted molar refractivity (Wildman–Crippen MR) is 76.0 cm³/mol. The lowest BCUT2D eigenvalue weighted by Gasteiger charge is -2.14. The summed E-state index contributed by atoms with van der Waals surface area (Å²) in [6.07, 6.45) is 9.30. The van der Waals surface area contributed by atoms with Crippen LogP contribution in [0.15, 0.2) is 0 Å². The summed E-state index contributed by atoms with van der Waals surface area (Å²) < 4.78 is 0. The van der Waals surface area contributed by atoms with Gasteiger partial charge in [0.25, 0.3) is 0 Å². The number of hydrogen-bond donors (Lipinski definition) is 1. The van der Waals surface area contributed by atoms with Crippen molar-refractivity contribution in [1.29, 1.82) is 0 Å². The van der Waals surface area contributed by atoms with Crippen LogP contribution in [0.5, 0.6) is 0 Å². The van der Waals surface area contributed by atoms with Crippen LogP contribution in [0.4, 0.5) is 0 Å². The summed E-state index contributed by atoms with van der Waals surface area (Å²) in [6.45, 7) is 1.83. The van der Waals surface area contributed by atoms with E-state index in [-0.39, 0.29) is 17.5 Å². The molecule has 0 radical (unpaired) electrons. The number of rotatable bonds is 0. The van der Waals surface area contributed by atoms with E-state index in [1.165, 1.54) is 25.7 Å². The van der Waals surface area contributed by atoms with Gasteiger partial charge >= 0.3 is 0 Å². The quantitative estimate of drug-likeness (QED) is 0.732. The number of carbonyl (C=O) groups is 2. The van der Waals surface area contributed by atoms with Crippen molar-refractivity contribution in [2.45, 2.75) is 83.7 Å². The molecule has 0 aromatic carbocycles. The Hall–Kier alpha value is -0.700. The molecule has 0 aromatic rings. The SMILES string of the molecule is CC1CC(O)C(=O)CCCCCCCCCCC1=O. The van der Waals surface area contributed by atoms with Crippen molar-refractivity contribution >= 4 is 11.6 Å². The van der Waals surface area contributed by atoms with Crippen molar-refractivity contribution in [3.63, 3.8) is 0 Å². The van der Waals surface area contributed by atoms with Crippen LogP contribution in [0.2, 0.25) is 0 Å². The first-order chi connectivity index (χ1) is 9.11. The lowest BCUT2D eigenvalue weighted by atomic mass is 9.93. The summed E-state index contributed by atoms with van der Waals surface area (Å²) >= 11 is 0. The molecule has 19 heavy (non-hydrogen) atoms. The van der Waals surface area contributed by atoms with Crippen LogP contribution in [0.3, 0.4) is 0 Å². The van der Waals surface area contributed by atoms with E-state index in [4.69, 9.17) is 0 Å². The van der Waals surface area contributed by atoms with E-state index in [1.807, 2.05) is 6.92 Å². The van der Waals surface area contributed by atoms with E-state index in [1.54, 1.807) is 0 Å². The standard InChI is InChI=1S/C16H28O3/c1-13-12-16(19)15(18)11-9-7-5-3-2-4-6-8-10-14(13)17/h13,16,19H,2-12H2,1H3. The van der Waals surface area contributed by atoms with E-state index in [0.717, 1.165) is 25.7 Å². The zero-order valence-corrected chi connectivity index (χ0v) is 12.2. The summed E-state index contributed by atoms with van der Waals surface area (Å²) in [5.74, 6) is -0.0830. The van der Waals surface area contributed by atoms with E-state index < -0.39 is 6.10 Å². The van der Waals surface area contributed by atoms with E-state index in [2.05, 4.69) is 0 Å². The number of Topliss-reactive ketones (excluding diaryl/α,β-unsaturated/α-hetero) is 2. The average molecular weight is 268 g/mol. The summed E-state index contributed by atoms with van der Waals surface area (Å²) in [7, 11) is 0. The molecule has 0 saturated heterocycles. The normalized spacial score (nSPS) is 29.6. The zero-order valence-electron chi connectivity index (χ0n) is 12.2. The maximum atomic E-state index is 11.9. The van der Waals surface area contributed by atoms with Crippen molar-refractivity contribution < 1.29 is 14.7 Å². The van der Waals surface area contributed by atoms with Gasteiger partial charge in [0.2, 0.25) is 0 Å². The van der Waals surface area contributed by atoms with Gasteiger partial charge in [-0.25, -0.2) is 0 Å². The van der Waals surface area contributed by atoms with Crippen molar-refractivity contribution in [3.05, 3.63) is 0 Å². The Morgan fingerprint density at radius 2 is 1.21 bits per heavy atom. The third-order valence-electron chi connectivity index (χ3n) is 4.09. The van der Waals surface area contributed by atoms with Crippen LogP contribution < -0.4 is 0 Å². The summed E-state index contributed by atoms with van der Waals surface area (Å²) in [5, 5.41) is 9.83. The minimum absolute atomic E-state index is 0.0884. The first-order valence-electron chi connectivity index (χ1n) is 7.84. The molecule has 2 unspecified atom stereocenters. The maximum absolute atomic E-state index is 11.9. The monoisotopic (exact) mass is 268 g/mol. The van der Waals surface area contributed by atoms with E-state index >= 15 is 0 Å². The Balaban J connectivity index is 2.47. The predicted octanol–water partition coefficient (Wildman–Crippen LogP) is 3.43. The van der Waals surface area contributed by atoms with Crippen molar-refractivity contribution in [3.8, 4) is 0 Å². The third kappa shape index (κ3) is 6.86. The molecule has 0 aliphatic heterocycles. The van der Waals surface area contributed by atoms with Gasteiger partial charge in [0.05, 0.1) is 0 Å². The molecule has 1 aliphatic carbocycles. The molecule has 0 spiro atoms. The molecule has 1 rings (SSSR count). The number of aliphatic hydroxyl groups is 1. The van der Waals surface area contributed by atoms with Gasteiger partial charge in [-0.3, -0.25) is 9.59 Å². The third-order valence-corrected chi connectivity index (χ3v) is 4.09. The maximum Gasteiger partial charge on any atom is 0.161 e. The second kappa shape index (κ2) is 9.24. The van der Waals surface area contributed by atoms with Crippen LogP contribution in [0.25, 0.3) is 0 Å². The molecule has 3 nitrogen and oxygen atoms in total. The van der Waals surface area contributed by atoms with Crippen LogP contribution in [0.1, 0.15) is 77.6 Å². The first-order valence-corrected chi connectivity index (χ1v) is 7.84. The smallest absolute Gasteiger partial charge is 0.161 e.